The average molecular weight is 514 g/mol. The molecule has 0 spiro atoms. The third-order valence-corrected chi connectivity index (χ3v) is 8.71. The Kier molecular flexibility index (Phi) is 9.88. The molecule has 0 unspecified atom stereocenters. The van der Waals surface area contributed by atoms with Crippen LogP contribution in [0.4, 0.5) is 5.69 Å². The summed E-state index contributed by atoms with van der Waals surface area (Å²) >= 11 is 0. The lowest BCUT2D eigenvalue weighted by Gasteiger charge is -2.39. The number of hydrogen-bond acceptors (Lipinski definition) is 5. The topological polar surface area (TPSA) is 82.1 Å². The summed E-state index contributed by atoms with van der Waals surface area (Å²) in [4.78, 5) is 31.0. The van der Waals surface area contributed by atoms with E-state index in [-0.39, 0.29) is 42.4 Å². The Morgan fingerprint density at radius 3 is 2.46 bits per heavy atom. The Hall–Kier alpha value is -2.12. The van der Waals surface area contributed by atoms with Gasteiger partial charge in [-0.25, -0.2) is 0 Å². The average Bonchev–Trinajstić information content (AvgIpc) is 2.91. The van der Waals surface area contributed by atoms with Crippen LogP contribution in [0, 0.1) is 17.8 Å². The number of nitrogens with one attached hydrogen (secondary N) is 1. The summed E-state index contributed by atoms with van der Waals surface area (Å²) in [6.07, 6.45) is 11.6. The predicted molar refractivity (Wildman–Crippen MR) is 147 cm³/mol. The number of anilines is 1. The van der Waals surface area contributed by atoms with Crippen LogP contribution in [0.15, 0.2) is 18.2 Å². The molecule has 1 aromatic rings. The summed E-state index contributed by atoms with van der Waals surface area (Å²) in [5.74, 6) is 1.12. The van der Waals surface area contributed by atoms with Crippen molar-refractivity contribution >= 4 is 17.5 Å². The number of aliphatic hydroxyl groups is 1. The molecule has 37 heavy (non-hydrogen) atoms. The second-order valence-corrected chi connectivity index (χ2v) is 11.9. The van der Waals surface area contributed by atoms with Crippen LogP contribution < -0.4 is 10.1 Å². The van der Waals surface area contributed by atoms with E-state index in [1.807, 2.05) is 19.1 Å². The molecule has 2 N–H and O–H groups in total. The summed E-state index contributed by atoms with van der Waals surface area (Å²) in [6.45, 7) is 6.22. The van der Waals surface area contributed by atoms with Gasteiger partial charge in [-0.05, 0) is 57.7 Å². The van der Waals surface area contributed by atoms with Gasteiger partial charge >= 0.3 is 0 Å². The van der Waals surface area contributed by atoms with Gasteiger partial charge in [0.2, 0.25) is 5.91 Å². The summed E-state index contributed by atoms with van der Waals surface area (Å²) < 4.78 is 6.69. The van der Waals surface area contributed by atoms with Crippen LogP contribution in [-0.2, 0) is 4.79 Å². The molecule has 0 radical (unpaired) electrons. The molecule has 0 bridgehead atoms. The minimum Gasteiger partial charge on any atom is -0.486 e. The zero-order valence-electron chi connectivity index (χ0n) is 23.1. The van der Waals surface area contributed by atoms with Gasteiger partial charge in [-0.1, -0.05) is 51.5 Å². The van der Waals surface area contributed by atoms with Crippen molar-refractivity contribution in [3.63, 3.8) is 0 Å². The Bertz CT molecular complexity index is 910. The van der Waals surface area contributed by atoms with Gasteiger partial charge in [-0.2, -0.15) is 0 Å². The molecule has 206 valence electrons. The SMILES string of the molecule is C[C@@H]1CN([C@H](C)CO)C(=O)c2cccc(NC(=O)C3CCCCC3)c2O[C@H]1CN(C)CC1CCCCC1. The first kappa shape index (κ1) is 27.9. The van der Waals surface area contributed by atoms with Crippen LogP contribution >= 0.6 is 0 Å². The molecular formula is C30H47N3O4. The number of para-hydroxylation sites is 1. The molecule has 0 aromatic heterocycles. The first-order valence-corrected chi connectivity index (χ1v) is 14.6. The van der Waals surface area contributed by atoms with Crippen LogP contribution in [0.5, 0.6) is 5.75 Å². The van der Waals surface area contributed by atoms with Gasteiger partial charge < -0.3 is 25.0 Å². The van der Waals surface area contributed by atoms with E-state index >= 15 is 0 Å². The Morgan fingerprint density at radius 2 is 1.78 bits per heavy atom. The molecular weight excluding hydrogens is 466 g/mol. The number of nitrogens with zero attached hydrogens (tertiary/aromatic N) is 2. The maximum Gasteiger partial charge on any atom is 0.258 e. The van der Waals surface area contributed by atoms with Gasteiger partial charge in [0.15, 0.2) is 5.75 Å². The Morgan fingerprint density at radius 1 is 1.11 bits per heavy atom. The maximum atomic E-state index is 13.7. The number of hydrogen-bond donors (Lipinski definition) is 2. The number of amides is 2. The van der Waals surface area contributed by atoms with Gasteiger partial charge in [-0.3, -0.25) is 9.59 Å². The minimum atomic E-state index is -0.304. The molecule has 2 aliphatic carbocycles. The van der Waals surface area contributed by atoms with Crippen LogP contribution in [-0.4, -0.2) is 72.2 Å². The molecule has 2 amide bonds. The van der Waals surface area contributed by atoms with Crippen molar-refractivity contribution in [3.05, 3.63) is 23.8 Å². The lowest BCUT2D eigenvalue weighted by Crippen LogP contribution is -2.50. The Labute approximate surface area is 222 Å². The molecule has 2 fully saturated rings. The number of ether oxygens (including phenoxy) is 1. The molecule has 0 saturated heterocycles. The minimum absolute atomic E-state index is 0.0103. The van der Waals surface area contributed by atoms with E-state index in [4.69, 9.17) is 4.74 Å². The fourth-order valence-electron chi connectivity index (χ4n) is 6.35. The normalized spacial score (nSPS) is 24.7. The van der Waals surface area contributed by atoms with Crippen LogP contribution in [0.3, 0.4) is 0 Å². The summed E-state index contributed by atoms with van der Waals surface area (Å²) in [7, 11) is 2.17. The highest BCUT2D eigenvalue weighted by Gasteiger charge is 2.35. The molecule has 1 aromatic carbocycles. The molecule has 3 atom stereocenters. The number of carbonyl (C=O) groups excluding carboxylic acids is 2. The van der Waals surface area contributed by atoms with Gasteiger partial charge in [0.1, 0.15) is 6.10 Å². The largest absolute Gasteiger partial charge is 0.486 e. The third kappa shape index (κ3) is 7.05. The van der Waals surface area contributed by atoms with E-state index in [1.54, 1.807) is 11.0 Å². The molecule has 3 aliphatic rings. The lowest BCUT2D eigenvalue weighted by molar-refractivity contribution is -0.120. The summed E-state index contributed by atoms with van der Waals surface area (Å²) in [6, 6.07) is 5.14. The van der Waals surface area contributed by atoms with Crippen molar-refractivity contribution in [2.45, 2.75) is 90.2 Å². The smallest absolute Gasteiger partial charge is 0.258 e. The van der Waals surface area contributed by atoms with Crippen molar-refractivity contribution in [2.24, 2.45) is 17.8 Å². The monoisotopic (exact) mass is 513 g/mol. The van der Waals surface area contributed by atoms with E-state index in [9.17, 15) is 14.7 Å². The zero-order valence-corrected chi connectivity index (χ0v) is 23.1. The number of carbonyl (C=O) groups is 2. The second kappa shape index (κ2) is 13.1. The third-order valence-electron chi connectivity index (χ3n) is 8.71. The van der Waals surface area contributed by atoms with Crippen molar-refractivity contribution in [1.82, 2.24) is 9.80 Å². The molecule has 1 heterocycles. The number of fused-ring (bicyclic) bond motifs is 1. The number of likely N-dealkylation sites (N-methyl/N-ethyl adjacent to an activating group) is 1. The van der Waals surface area contributed by atoms with Crippen molar-refractivity contribution < 1.29 is 19.4 Å². The first-order valence-electron chi connectivity index (χ1n) is 14.6. The highest BCUT2D eigenvalue weighted by Crippen LogP contribution is 2.36. The van der Waals surface area contributed by atoms with Gasteiger partial charge in [0.25, 0.3) is 5.91 Å². The molecule has 7 heteroatoms. The molecule has 4 rings (SSSR count). The maximum absolute atomic E-state index is 13.7. The fourth-order valence-corrected chi connectivity index (χ4v) is 6.35. The van der Waals surface area contributed by atoms with E-state index in [0.717, 1.165) is 44.7 Å². The highest BCUT2D eigenvalue weighted by atomic mass is 16.5. The van der Waals surface area contributed by atoms with Gasteiger partial charge in [-0.15, -0.1) is 0 Å². The van der Waals surface area contributed by atoms with E-state index in [2.05, 4.69) is 24.2 Å². The Balaban J connectivity index is 1.60. The summed E-state index contributed by atoms with van der Waals surface area (Å²) in [5.41, 5.74) is 1.03. The fraction of sp³-hybridized carbons (Fsp3) is 0.733. The molecule has 7 nitrogen and oxygen atoms in total. The predicted octanol–water partition coefficient (Wildman–Crippen LogP) is 4.94. The van der Waals surface area contributed by atoms with E-state index in [1.165, 1.54) is 38.5 Å². The molecule has 2 saturated carbocycles. The van der Waals surface area contributed by atoms with Crippen LogP contribution in [0.1, 0.15) is 88.4 Å². The van der Waals surface area contributed by atoms with Crippen molar-refractivity contribution in [1.29, 1.82) is 0 Å². The molecule has 1 aliphatic heterocycles. The van der Waals surface area contributed by atoms with E-state index in [0.29, 0.717) is 23.5 Å². The number of aliphatic hydroxyl groups excluding tert-OH is 1. The number of rotatable bonds is 8. The standard InChI is InChI=1S/C30H47N3O4/c1-21-17-33(22(2)20-34)30(36)25-15-10-16-26(31-29(35)24-13-8-5-9-14-24)28(25)37-27(21)19-32(3)18-23-11-6-4-7-12-23/h10,15-16,21-24,27,34H,4-9,11-14,17-20H2,1-3H3,(H,31,35)/t21-,22-,27+/m1/s1. The van der Waals surface area contributed by atoms with Crippen molar-refractivity contribution in [3.8, 4) is 5.75 Å². The number of benzene rings is 1. The van der Waals surface area contributed by atoms with Gasteiger partial charge in [0, 0.05) is 31.5 Å². The zero-order chi connectivity index (χ0) is 26.4. The first-order chi connectivity index (χ1) is 17.9. The van der Waals surface area contributed by atoms with Crippen LogP contribution in [0.25, 0.3) is 0 Å². The van der Waals surface area contributed by atoms with Crippen molar-refractivity contribution in [2.75, 3.05) is 38.6 Å². The van der Waals surface area contributed by atoms with Crippen LogP contribution in [0.2, 0.25) is 0 Å². The van der Waals surface area contributed by atoms with E-state index < -0.39 is 0 Å². The van der Waals surface area contributed by atoms with Gasteiger partial charge in [0.05, 0.1) is 23.9 Å². The highest BCUT2D eigenvalue weighted by molar-refractivity contribution is 6.02. The lowest BCUT2D eigenvalue weighted by atomic mass is 9.88. The second-order valence-electron chi connectivity index (χ2n) is 11.9. The quantitative estimate of drug-likeness (QED) is 0.515. The summed E-state index contributed by atoms with van der Waals surface area (Å²) in [5, 5.41) is 13.0.